The first-order chi connectivity index (χ1) is 19.5. The highest BCUT2D eigenvalue weighted by molar-refractivity contribution is 14.1. The number of nitriles is 1. The highest BCUT2D eigenvalue weighted by atomic mass is 127. The van der Waals surface area contributed by atoms with Gasteiger partial charge in [0.1, 0.15) is 24.4 Å². The summed E-state index contributed by atoms with van der Waals surface area (Å²) in [4.78, 5) is 30.8. The van der Waals surface area contributed by atoms with Gasteiger partial charge in [-0.25, -0.2) is 9.18 Å². The molecule has 2 atom stereocenters. The Hall–Kier alpha value is -2.66. The van der Waals surface area contributed by atoms with Crippen molar-refractivity contribution in [1.82, 2.24) is 24.7 Å². The van der Waals surface area contributed by atoms with Crippen LogP contribution in [0.15, 0.2) is 22.2 Å². The molecule has 1 amide bonds. The first kappa shape index (κ1) is 31.3. The number of carbonyl (C=O) groups is 1. The molecule has 10 nitrogen and oxygen atoms in total. The molecule has 0 aromatic carbocycles. The highest BCUT2D eigenvalue weighted by Crippen LogP contribution is 2.33. The Morgan fingerprint density at radius 1 is 1.22 bits per heavy atom. The summed E-state index contributed by atoms with van der Waals surface area (Å²) in [6.45, 7) is 13.4. The molecule has 0 spiro atoms. The monoisotopic (exact) mass is 681 g/mol. The number of aromatic nitrogens is 2. The minimum Gasteiger partial charge on any atom is -0.462 e. The maximum Gasteiger partial charge on any atom is 0.410 e. The number of amides is 1. The summed E-state index contributed by atoms with van der Waals surface area (Å²) in [5, 5.41) is 9.58. The second-order valence-corrected chi connectivity index (χ2v) is 13.2. The molecular weight excluding hydrogens is 640 g/mol. The van der Waals surface area contributed by atoms with E-state index in [1.165, 1.54) is 0 Å². The zero-order valence-corrected chi connectivity index (χ0v) is 26.7. The van der Waals surface area contributed by atoms with Gasteiger partial charge in [0.25, 0.3) is 0 Å². The molecule has 0 saturated carbocycles. The number of allylic oxidation sites excluding steroid dienone is 1. The molecule has 0 radical (unpaired) electrons. The van der Waals surface area contributed by atoms with Crippen LogP contribution in [0.3, 0.4) is 0 Å². The van der Waals surface area contributed by atoms with Gasteiger partial charge in [0.2, 0.25) is 0 Å². The lowest BCUT2D eigenvalue weighted by atomic mass is 10.1. The van der Waals surface area contributed by atoms with E-state index in [1.54, 1.807) is 4.90 Å². The Labute approximate surface area is 256 Å². The fraction of sp³-hybridized carbons (Fsp3) is 0.655. The zero-order chi connectivity index (χ0) is 29.7. The van der Waals surface area contributed by atoms with Crippen molar-refractivity contribution in [3.05, 3.63) is 33.4 Å². The summed E-state index contributed by atoms with van der Waals surface area (Å²) in [7, 11) is 2.10. The molecule has 12 heteroatoms. The summed E-state index contributed by atoms with van der Waals surface area (Å²) in [6, 6.07) is 2.49. The van der Waals surface area contributed by atoms with Crippen LogP contribution in [0.1, 0.15) is 57.7 Å². The standard InChI is InChI=1S/C29H41FIN7O3/c1-20(31)25(16-30)36-13-7-9-23-24(18-36)33-27(40-19-22-8-6-12-35(22)5)34-26(23)37-14-15-38(21(17-37)10-11-32)28(39)41-29(2,3)4/h16,21-22H,1,6-10,12-15,17-19H2,2-5H3/b25-16-/t21-,22-/m0/s1. The Balaban J connectivity index is 1.65. The summed E-state index contributed by atoms with van der Waals surface area (Å²) in [6.07, 6.45) is 4.08. The van der Waals surface area contributed by atoms with Crippen molar-refractivity contribution >= 4 is 34.5 Å². The average molecular weight is 682 g/mol. The van der Waals surface area contributed by atoms with Crippen molar-refractivity contribution in [3.63, 3.8) is 0 Å². The van der Waals surface area contributed by atoms with E-state index in [-0.39, 0.29) is 12.5 Å². The highest BCUT2D eigenvalue weighted by Gasteiger charge is 2.36. The number of hydrogen-bond donors (Lipinski definition) is 0. The lowest BCUT2D eigenvalue weighted by Crippen LogP contribution is -2.56. The number of piperazine rings is 1. The SMILES string of the molecule is C=C(I)/C(=C/F)N1CCCc2c(nc(OC[C@@H]3CCCN3C)nc2N2CCN(C(=O)OC(C)(C)C)[C@@H](CC#N)C2)C1. The number of ether oxygens (including phenoxy) is 2. The van der Waals surface area contributed by atoms with Gasteiger partial charge in [0.15, 0.2) is 0 Å². The van der Waals surface area contributed by atoms with E-state index in [9.17, 15) is 14.4 Å². The van der Waals surface area contributed by atoms with Gasteiger partial charge in [-0.05, 0) is 82.6 Å². The van der Waals surface area contributed by atoms with Crippen LogP contribution >= 0.6 is 22.6 Å². The lowest BCUT2D eigenvalue weighted by Gasteiger charge is -2.42. The normalized spacial score (nSPS) is 22.2. The summed E-state index contributed by atoms with van der Waals surface area (Å²) >= 11 is 2.05. The predicted molar refractivity (Wildman–Crippen MR) is 163 cm³/mol. The number of likely N-dealkylation sites (tertiary alicyclic amines) is 1. The van der Waals surface area contributed by atoms with Crippen LogP contribution < -0.4 is 9.64 Å². The number of halogens is 2. The van der Waals surface area contributed by atoms with Gasteiger partial charge in [-0.3, -0.25) is 0 Å². The Kier molecular flexibility index (Phi) is 10.3. The third kappa shape index (κ3) is 7.80. The van der Waals surface area contributed by atoms with E-state index < -0.39 is 11.7 Å². The fourth-order valence-corrected chi connectivity index (χ4v) is 6.13. The van der Waals surface area contributed by atoms with Crippen molar-refractivity contribution in [2.24, 2.45) is 0 Å². The first-order valence-electron chi connectivity index (χ1n) is 14.2. The third-order valence-corrected chi connectivity index (χ3v) is 8.33. The smallest absolute Gasteiger partial charge is 0.410 e. The van der Waals surface area contributed by atoms with Gasteiger partial charge >= 0.3 is 12.1 Å². The molecule has 1 aromatic rings. The molecule has 2 saturated heterocycles. The Morgan fingerprint density at radius 3 is 2.63 bits per heavy atom. The van der Waals surface area contributed by atoms with E-state index in [0.29, 0.717) is 67.0 Å². The molecule has 3 aliphatic rings. The molecule has 4 rings (SSSR count). The van der Waals surface area contributed by atoms with Crippen LogP contribution in [0.2, 0.25) is 0 Å². The number of nitrogens with zero attached hydrogens (tertiary/aromatic N) is 7. The van der Waals surface area contributed by atoms with Crippen molar-refractivity contribution in [2.75, 3.05) is 51.3 Å². The van der Waals surface area contributed by atoms with Crippen LogP contribution in [0.25, 0.3) is 0 Å². The second kappa shape index (κ2) is 13.5. The van der Waals surface area contributed by atoms with Gasteiger partial charge in [-0.2, -0.15) is 15.2 Å². The number of fused-ring (bicyclic) bond motifs is 1. The molecule has 224 valence electrons. The average Bonchev–Trinajstić information content (AvgIpc) is 3.19. The van der Waals surface area contributed by atoms with Gasteiger partial charge in [-0.1, -0.05) is 6.58 Å². The zero-order valence-electron chi connectivity index (χ0n) is 24.5. The van der Waals surface area contributed by atoms with E-state index in [2.05, 4.69) is 29.5 Å². The van der Waals surface area contributed by atoms with E-state index in [1.807, 2.05) is 48.3 Å². The number of anilines is 1. The molecule has 1 aromatic heterocycles. The van der Waals surface area contributed by atoms with Gasteiger partial charge in [-0.15, -0.1) is 0 Å². The Morgan fingerprint density at radius 2 is 2.00 bits per heavy atom. The molecule has 3 aliphatic heterocycles. The Bertz CT molecular complexity index is 1200. The fourth-order valence-electron chi connectivity index (χ4n) is 5.67. The van der Waals surface area contributed by atoms with Gasteiger partial charge in [0, 0.05) is 41.4 Å². The molecule has 4 heterocycles. The summed E-state index contributed by atoms with van der Waals surface area (Å²) in [5.74, 6) is 0.762. The van der Waals surface area contributed by atoms with Gasteiger partial charge < -0.3 is 29.1 Å². The maximum atomic E-state index is 13.9. The van der Waals surface area contributed by atoms with E-state index in [4.69, 9.17) is 19.4 Å². The molecule has 0 bridgehead atoms. The summed E-state index contributed by atoms with van der Waals surface area (Å²) in [5.41, 5.74) is 1.62. The molecule has 41 heavy (non-hydrogen) atoms. The second-order valence-electron chi connectivity index (χ2n) is 11.9. The molecule has 0 aliphatic carbocycles. The number of carbonyl (C=O) groups excluding carboxylic acids is 1. The van der Waals surface area contributed by atoms with Crippen LogP contribution in [0, 0.1) is 11.3 Å². The minimum absolute atomic E-state index is 0.177. The quantitative estimate of drug-likeness (QED) is 0.297. The van der Waals surface area contributed by atoms with Crippen molar-refractivity contribution in [2.45, 2.75) is 77.1 Å². The predicted octanol–water partition coefficient (Wildman–Crippen LogP) is 4.80. The number of rotatable bonds is 7. The number of hydrogen-bond acceptors (Lipinski definition) is 9. The molecular formula is C29H41FIN7O3. The van der Waals surface area contributed by atoms with Crippen LogP contribution in [-0.2, 0) is 17.7 Å². The van der Waals surface area contributed by atoms with Crippen molar-refractivity contribution in [3.8, 4) is 12.1 Å². The van der Waals surface area contributed by atoms with Crippen molar-refractivity contribution in [1.29, 1.82) is 5.26 Å². The number of likely N-dealkylation sites (N-methyl/N-ethyl adjacent to an activating group) is 1. The van der Waals surface area contributed by atoms with Crippen molar-refractivity contribution < 1.29 is 18.7 Å². The van der Waals surface area contributed by atoms with E-state index in [0.717, 1.165) is 49.3 Å². The largest absolute Gasteiger partial charge is 0.462 e. The lowest BCUT2D eigenvalue weighted by molar-refractivity contribution is 0.0144. The van der Waals surface area contributed by atoms with Gasteiger partial charge in [0.05, 0.1) is 36.5 Å². The molecule has 2 fully saturated rings. The van der Waals surface area contributed by atoms with Crippen LogP contribution in [0.5, 0.6) is 6.01 Å². The van der Waals surface area contributed by atoms with Crippen LogP contribution in [-0.4, -0.2) is 94.8 Å². The summed E-state index contributed by atoms with van der Waals surface area (Å²) < 4.78 is 26.4. The topological polar surface area (TPSA) is 98.1 Å². The minimum atomic E-state index is -0.628. The first-order valence-corrected chi connectivity index (χ1v) is 15.3. The maximum absolute atomic E-state index is 13.9. The van der Waals surface area contributed by atoms with E-state index >= 15 is 0 Å². The molecule has 0 N–H and O–H groups in total. The van der Waals surface area contributed by atoms with Crippen LogP contribution in [0.4, 0.5) is 15.0 Å². The molecule has 0 unspecified atom stereocenters. The third-order valence-electron chi connectivity index (χ3n) is 7.78.